The summed E-state index contributed by atoms with van der Waals surface area (Å²) in [6.45, 7) is 4.52. The Morgan fingerprint density at radius 1 is 1.07 bits per heavy atom. The second-order valence-corrected chi connectivity index (χ2v) is 6.84. The molecule has 0 fully saturated rings. The van der Waals surface area contributed by atoms with Crippen LogP contribution in [0.4, 0.5) is 0 Å². The Labute approximate surface area is 159 Å². The number of fused-ring (bicyclic) bond motifs is 1. The van der Waals surface area contributed by atoms with Crippen molar-refractivity contribution in [2.24, 2.45) is 7.05 Å². The molecule has 0 radical (unpaired) electrons. The summed E-state index contributed by atoms with van der Waals surface area (Å²) < 4.78 is 7.63. The quantitative estimate of drug-likeness (QED) is 0.640. The van der Waals surface area contributed by atoms with Gasteiger partial charge >= 0.3 is 0 Å². The van der Waals surface area contributed by atoms with E-state index in [0.29, 0.717) is 6.61 Å². The fraction of sp³-hybridized carbons (Fsp3) is 0.304. The zero-order valence-electron chi connectivity index (χ0n) is 16.0. The molecule has 27 heavy (non-hydrogen) atoms. The molecule has 1 heterocycles. The Balaban J connectivity index is 1.82. The van der Waals surface area contributed by atoms with E-state index in [0.717, 1.165) is 40.6 Å². The van der Waals surface area contributed by atoms with Gasteiger partial charge in [0.15, 0.2) is 0 Å². The van der Waals surface area contributed by atoms with Crippen LogP contribution in [0, 0.1) is 11.3 Å². The molecule has 4 nitrogen and oxygen atoms in total. The lowest BCUT2D eigenvalue weighted by Gasteiger charge is -2.24. The summed E-state index contributed by atoms with van der Waals surface area (Å²) in [5.74, 6) is 0.759. The zero-order valence-corrected chi connectivity index (χ0v) is 16.0. The van der Waals surface area contributed by atoms with E-state index >= 15 is 0 Å². The number of benzene rings is 2. The standard InChI is InChI=1S/C23H24N2O2/c1-4-23(5-2,16-24)19-7-6-8-20(14-19)27-15-17-9-11-21-18(13-17)10-12-22(26)25(21)3/h6-14H,4-5,15H2,1-3H3. The van der Waals surface area contributed by atoms with Gasteiger partial charge in [-0.1, -0.05) is 32.0 Å². The lowest BCUT2D eigenvalue weighted by molar-refractivity contribution is 0.305. The number of rotatable bonds is 6. The summed E-state index contributed by atoms with van der Waals surface area (Å²) in [5, 5.41) is 10.7. The Bertz CT molecular complexity index is 1060. The molecule has 0 atom stereocenters. The minimum absolute atomic E-state index is 0.0175. The number of pyridine rings is 1. The minimum Gasteiger partial charge on any atom is -0.489 e. The average Bonchev–Trinajstić information content (AvgIpc) is 2.71. The van der Waals surface area contributed by atoms with E-state index in [1.165, 1.54) is 0 Å². The predicted molar refractivity (Wildman–Crippen MR) is 108 cm³/mol. The number of ether oxygens (including phenoxy) is 1. The zero-order chi connectivity index (χ0) is 19.4. The van der Waals surface area contributed by atoms with Gasteiger partial charge in [-0.3, -0.25) is 4.79 Å². The van der Waals surface area contributed by atoms with Gasteiger partial charge in [0, 0.05) is 13.1 Å². The molecule has 0 aliphatic carbocycles. The summed E-state index contributed by atoms with van der Waals surface area (Å²) in [4.78, 5) is 11.7. The first kappa shape index (κ1) is 18.7. The van der Waals surface area contributed by atoms with E-state index < -0.39 is 5.41 Å². The van der Waals surface area contributed by atoms with Gasteiger partial charge in [0.1, 0.15) is 12.4 Å². The van der Waals surface area contributed by atoms with Crippen LogP contribution >= 0.6 is 0 Å². The number of hydrogen-bond acceptors (Lipinski definition) is 3. The van der Waals surface area contributed by atoms with E-state index in [1.807, 2.05) is 62.4 Å². The van der Waals surface area contributed by atoms with Crippen LogP contribution < -0.4 is 10.3 Å². The van der Waals surface area contributed by atoms with Crippen molar-refractivity contribution in [2.45, 2.75) is 38.7 Å². The Hall–Kier alpha value is -3.06. The summed E-state index contributed by atoms with van der Waals surface area (Å²) in [6.07, 6.45) is 1.54. The maximum atomic E-state index is 11.7. The van der Waals surface area contributed by atoms with E-state index in [-0.39, 0.29) is 5.56 Å². The number of aromatic nitrogens is 1. The normalized spacial score (nSPS) is 11.3. The van der Waals surface area contributed by atoms with E-state index in [1.54, 1.807) is 17.7 Å². The molecule has 0 amide bonds. The van der Waals surface area contributed by atoms with Gasteiger partial charge in [-0.05, 0) is 59.7 Å². The van der Waals surface area contributed by atoms with E-state index in [4.69, 9.17) is 4.74 Å². The van der Waals surface area contributed by atoms with Gasteiger partial charge in [0.25, 0.3) is 5.56 Å². The van der Waals surface area contributed by atoms with Crippen molar-refractivity contribution in [3.8, 4) is 11.8 Å². The fourth-order valence-corrected chi connectivity index (χ4v) is 3.46. The number of nitrogens with zero attached hydrogens (tertiary/aromatic N) is 2. The Morgan fingerprint density at radius 2 is 1.85 bits per heavy atom. The van der Waals surface area contributed by atoms with Crippen molar-refractivity contribution in [1.29, 1.82) is 5.26 Å². The van der Waals surface area contributed by atoms with Crippen LogP contribution in [0.5, 0.6) is 5.75 Å². The lowest BCUT2D eigenvalue weighted by atomic mass is 9.77. The van der Waals surface area contributed by atoms with Crippen LogP contribution in [-0.2, 0) is 19.1 Å². The summed E-state index contributed by atoms with van der Waals surface area (Å²) in [7, 11) is 1.77. The molecule has 0 bridgehead atoms. The van der Waals surface area contributed by atoms with Crippen LogP contribution in [0.25, 0.3) is 10.9 Å². The molecule has 4 heteroatoms. The molecular formula is C23H24N2O2. The van der Waals surface area contributed by atoms with Crippen molar-refractivity contribution in [3.05, 3.63) is 76.1 Å². The molecule has 3 aromatic rings. The van der Waals surface area contributed by atoms with Crippen molar-refractivity contribution in [3.63, 3.8) is 0 Å². The summed E-state index contributed by atoms with van der Waals surface area (Å²) in [6, 6.07) is 19.7. The minimum atomic E-state index is -0.465. The monoisotopic (exact) mass is 360 g/mol. The maximum Gasteiger partial charge on any atom is 0.250 e. The molecule has 138 valence electrons. The molecular weight excluding hydrogens is 336 g/mol. The SMILES string of the molecule is CCC(C#N)(CC)c1cccc(OCc2ccc3c(ccc(=O)n3C)c2)c1. The molecule has 0 saturated heterocycles. The molecule has 0 N–H and O–H groups in total. The highest BCUT2D eigenvalue weighted by atomic mass is 16.5. The van der Waals surface area contributed by atoms with Crippen LogP contribution in [0.3, 0.4) is 0 Å². The van der Waals surface area contributed by atoms with Gasteiger partial charge in [-0.2, -0.15) is 5.26 Å². The first-order chi connectivity index (χ1) is 13.0. The molecule has 0 unspecified atom stereocenters. The molecule has 3 rings (SSSR count). The van der Waals surface area contributed by atoms with Gasteiger partial charge in [-0.25, -0.2) is 0 Å². The van der Waals surface area contributed by atoms with Gasteiger partial charge < -0.3 is 9.30 Å². The lowest BCUT2D eigenvalue weighted by Crippen LogP contribution is -2.21. The fourth-order valence-electron chi connectivity index (χ4n) is 3.46. The maximum absolute atomic E-state index is 11.7. The summed E-state index contributed by atoms with van der Waals surface area (Å²) in [5.41, 5.74) is 2.45. The van der Waals surface area contributed by atoms with Crippen molar-refractivity contribution >= 4 is 10.9 Å². The molecule has 0 aliphatic heterocycles. The highest BCUT2D eigenvalue weighted by Crippen LogP contribution is 2.33. The third-order valence-electron chi connectivity index (χ3n) is 5.40. The van der Waals surface area contributed by atoms with Crippen LogP contribution in [0.1, 0.15) is 37.8 Å². The highest BCUT2D eigenvalue weighted by molar-refractivity contribution is 5.79. The first-order valence-corrected chi connectivity index (χ1v) is 9.26. The molecule has 0 aliphatic rings. The Morgan fingerprint density at radius 3 is 2.56 bits per heavy atom. The molecule has 0 spiro atoms. The van der Waals surface area contributed by atoms with Crippen LogP contribution in [0.15, 0.2) is 59.4 Å². The second kappa shape index (κ2) is 7.67. The topological polar surface area (TPSA) is 55.0 Å². The largest absolute Gasteiger partial charge is 0.489 e. The molecule has 1 aromatic heterocycles. The van der Waals surface area contributed by atoms with Crippen molar-refractivity contribution < 1.29 is 4.74 Å². The number of nitriles is 1. The Kier molecular flexibility index (Phi) is 5.32. The number of hydrogen-bond donors (Lipinski definition) is 0. The summed E-state index contributed by atoms with van der Waals surface area (Å²) >= 11 is 0. The van der Waals surface area contributed by atoms with Gasteiger partial charge in [0.2, 0.25) is 0 Å². The van der Waals surface area contributed by atoms with Gasteiger partial charge in [-0.15, -0.1) is 0 Å². The van der Waals surface area contributed by atoms with Crippen molar-refractivity contribution in [1.82, 2.24) is 4.57 Å². The number of aryl methyl sites for hydroxylation is 1. The highest BCUT2D eigenvalue weighted by Gasteiger charge is 2.28. The predicted octanol–water partition coefficient (Wildman–Crippen LogP) is 4.70. The van der Waals surface area contributed by atoms with Crippen LogP contribution in [-0.4, -0.2) is 4.57 Å². The first-order valence-electron chi connectivity index (χ1n) is 9.26. The average molecular weight is 360 g/mol. The third kappa shape index (κ3) is 3.59. The van der Waals surface area contributed by atoms with Crippen LogP contribution in [0.2, 0.25) is 0 Å². The van der Waals surface area contributed by atoms with E-state index in [2.05, 4.69) is 6.07 Å². The second-order valence-electron chi connectivity index (χ2n) is 6.84. The van der Waals surface area contributed by atoms with Crippen molar-refractivity contribution in [2.75, 3.05) is 0 Å². The molecule has 0 saturated carbocycles. The van der Waals surface area contributed by atoms with Gasteiger partial charge in [0.05, 0.1) is 17.0 Å². The third-order valence-corrected chi connectivity index (χ3v) is 5.40. The smallest absolute Gasteiger partial charge is 0.250 e. The molecule has 2 aromatic carbocycles. The van der Waals surface area contributed by atoms with E-state index in [9.17, 15) is 10.1 Å².